The summed E-state index contributed by atoms with van der Waals surface area (Å²) in [6.07, 6.45) is 1.52. The highest BCUT2D eigenvalue weighted by Crippen LogP contribution is 2.51. The highest BCUT2D eigenvalue weighted by Gasteiger charge is 2.47. The average Bonchev–Trinajstić information content (AvgIpc) is 3.16. The van der Waals surface area contributed by atoms with Crippen LogP contribution in [0.3, 0.4) is 0 Å². The molecular weight excluding hydrogens is 543 g/mol. The van der Waals surface area contributed by atoms with Crippen molar-refractivity contribution in [3.8, 4) is 11.5 Å². The summed E-state index contributed by atoms with van der Waals surface area (Å²) in [7, 11) is 4.44. The molecule has 204 valence electrons. The second-order valence-corrected chi connectivity index (χ2v) is 10.0. The van der Waals surface area contributed by atoms with Gasteiger partial charge in [-0.15, -0.1) is 0 Å². The van der Waals surface area contributed by atoms with Crippen LogP contribution in [0.4, 0.5) is 20.5 Å². The van der Waals surface area contributed by atoms with Crippen molar-refractivity contribution < 1.29 is 27.8 Å². The number of rotatable bonds is 7. The molecule has 1 aliphatic carbocycles. The van der Waals surface area contributed by atoms with E-state index in [1.807, 2.05) is 6.92 Å². The Labute approximate surface area is 228 Å². The van der Waals surface area contributed by atoms with E-state index in [0.29, 0.717) is 28.4 Å². The summed E-state index contributed by atoms with van der Waals surface area (Å²) < 4.78 is 39.1. The molecule has 2 N–H and O–H groups in total. The minimum Gasteiger partial charge on any atom is -0.495 e. The van der Waals surface area contributed by atoms with Crippen LogP contribution in [0, 0.1) is 0 Å². The predicted molar refractivity (Wildman–Crippen MR) is 140 cm³/mol. The molecule has 4 unspecified atom stereocenters. The van der Waals surface area contributed by atoms with E-state index in [1.165, 1.54) is 25.3 Å². The van der Waals surface area contributed by atoms with Crippen molar-refractivity contribution in [1.82, 2.24) is 15.3 Å². The Morgan fingerprint density at radius 1 is 1.21 bits per heavy atom. The first-order valence-corrected chi connectivity index (χ1v) is 12.5. The third-order valence-corrected chi connectivity index (χ3v) is 7.75. The van der Waals surface area contributed by atoms with Crippen LogP contribution in [0.2, 0.25) is 10.0 Å². The van der Waals surface area contributed by atoms with Crippen molar-refractivity contribution in [3.63, 3.8) is 0 Å². The van der Waals surface area contributed by atoms with E-state index in [-0.39, 0.29) is 21.9 Å². The first kappa shape index (κ1) is 27.8. The zero-order valence-electron chi connectivity index (χ0n) is 21.1. The summed E-state index contributed by atoms with van der Waals surface area (Å²) in [6.45, 7) is 5.19. The summed E-state index contributed by atoms with van der Waals surface area (Å²) in [4.78, 5) is 35.5. The highest BCUT2D eigenvalue weighted by molar-refractivity contribution is 6.38. The van der Waals surface area contributed by atoms with Crippen molar-refractivity contribution >= 4 is 46.8 Å². The van der Waals surface area contributed by atoms with Crippen molar-refractivity contribution in [2.24, 2.45) is 0 Å². The number of carbonyl (C=O) groups excluding carboxylic acids is 2. The van der Waals surface area contributed by atoms with Crippen LogP contribution in [0.5, 0.6) is 11.5 Å². The molecule has 38 heavy (non-hydrogen) atoms. The molecule has 1 aromatic heterocycles. The van der Waals surface area contributed by atoms with Gasteiger partial charge in [0.05, 0.1) is 42.3 Å². The number of anilines is 2. The van der Waals surface area contributed by atoms with E-state index in [9.17, 15) is 18.4 Å². The van der Waals surface area contributed by atoms with Crippen LogP contribution in [0.25, 0.3) is 0 Å². The average molecular weight is 570 g/mol. The summed E-state index contributed by atoms with van der Waals surface area (Å²) in [5, 5.41) is 5.81. The lowest BCUT2D eigenvalue weighted by Crippen LogP contribution is -2.43. The summed E-state index contributed by atoms with van der Waals surface area (Å²) >= 11 is 13.2. The largest absolute Gasteiger partial charge is 0.495 e. The van der Waals surface area contributed by atoms with Crippen LogP contribution in [0.15, 0.2) is 24.9 Å². The van der Waals surface area contributed by atoms with Gasteiger partial charge in [-0.3, -0.25) is 14.5 Å². The zero-order valence-corrected chi connectivity index (χ0v) is 22.7. The fourth-order valence-corrected chi connectivity index (χ4v) is 5.76. The standard InChI is InChI=1S/C25H27Cl2F2N5O4/c1-6-17(35)31-13-8-25(28,29)9-14(13)32-24-30-10-12-11(2)18(23(36)34(3)22(12)33-24)19-20(26)15(37-4)7-16(38-5)21(19)27/h6-7,10-11,13-14,18H,1,8-9H2,2-5H3,(H,31,35)(H,30,32,33). The summed E-state index contributed by atoms with van der Waals surface area (Å²) in [6, 6.07) is -0.143. The number of likely N-dealkylation sites (N-methyl/N-ethyl adjacent to an activating group) is 1. The molecule has 0 bridgehead atoms. The third-order valence-electron chi connectivity index (χ3n) is 6.97. The number of nitrogens with one attached hydrogen (secondary N) is 2. The number of methoxy groups -OCH3 is 2. The highest BCUT2D eigenvalue weighted by atomic mass is 35.5. The first-order valence-electron chi connectivity index (χ1n) is 11.7. The van der Waals surface area contributed by atoms with E-state index < -0.39 is 48.6 Å². The Morgan fingerprint density at radius 2 is 1.82 bits per heavy atom. The van der Waals surface area contributed by atoms with Crippen LogP contribution in [0.1, 0.15) is 42.7 Å². The Hall–Kier alpha value is -3.18. The van der Waals surface area contributed by atoms with Gasteiger partial charge in [0.15, 0.2) is 0 Å². The second kappa shape index (κ2) is 10.5. The van der Waals surface area contributed by atoms with Gasteiger partial charge < -0.3 is 20.1 Å². The monoisotopic (exact) mass is 569 g/mol. The fraction of sp³-hybridized carbons (Fsp3) is 0.440. The van der Waals surface area contributed by atoms with Gasteiger partial charge in [-0.1, -0.05) is 36.7 Å². The number of ether oxygens (including phenoxy) is 2. The molecule has 1 aromatic carbocycles. The maximum Gasteiger partial charge on any atom is 0.252 e. The Kier molecular flexibility index (Phi) is 7.72. The van der Waals surface area contributed by atoms with E-state index >= 15 is 0 Å². The topological polar surface area (TPSA) is 106 Å². The number of fused-ring (bicyclic) bond motifs is 1. The maximum atomic E-state index is 14.2. The zero-order chi connectivity index (χ0) is 27.9. The molecule has 2 aliphatic rings. The number of hydrogen-bond acceptors (Lipinski definition) is 7. The molecule has 1 aliphatic heterocycles. The Morgan fingerprint density at radius 3 is 2.39 bits per heavy atom. The molecule has 2 amide bonds. The summed E-state index contributed by atoms with van der Waals surface area (Å²) in [5.41, 5.74) is 0.987. The van der Waals surface area contributed by atoms with E-state index in [1.54, 1.807) is 13.1 Å². The number of carbonyl (C=O) groups is 2. The normalized spacial score (nSPS) is 24.0. The van der Waals surface area contributed by atoms with Crippen molar-refractivity contribution in [2.45, 2.75) is 49.6 Å². The van der Waals surface area contributed by atoms with Crippen molar-refractivity contribution in [2.75, 3.05) is 31.5 Å². The fourth-order valence-electron chi connectivity index (χ4n) is 5.02. The molecule has 4 rings (SSSR count). The van der Waals surface area contributed by atoms with Gasteiger partial charge in [-0.05, 0) is 6.08 Å². The number of alkyl halides is 2. The summed E-state index contributed by atoms with van der Waals surface area (Å²) in [5.74, 6) is -4.15. The van der Waals surface area contributed by atoms with Gasteiger partial charge >= 0.3 is 0 Å². The van der Waals surface area contributed by atoms with Crippen LogP contribution < -0.4 is 25.0 Å². The number of nitrogens with zero attached hydrogens (tertiary/aromatic N) is 3. The quantitative estimate of drug-likeness (QED) is 0.471. The molecule has 1 fully saturated rings. The molecule has 4 atom stereocenters. The number of hydrogen-bond donors (Lipinski definition) is 2. The van der Waals surface area contributed by atoms with Crippen LogP contribution in [-0.4, -0.2) is 61.1 Å². The second-order valence-electron chi connectivity index (χ2n) is 9.29. The Balaban J connectivity index is 1.68. The van der Waals surface area contributed by atoms with Gasteiger partial charge in [-0.2, -0.15) is 4.98 Å². The SMILES string of the molecule is C=CC(=O)NC1CC(F)(F)CC1Nc1ncc2c(n1)N(C)C(=O)C(c1c(Cl)c(OC)cc(OC)c1Cl)C2C. The van der Waals surface area contributed by atoms with Crippen LogP contribution >= 0.6 is 23.2 Å². The number of amides is 2. The number of halogens is 4. The smallest absolute Gasteiger partial charge is 0.252 e. The van der Waals surface area contributed by atoms with Gasteiger partial charge in [0.2, 0.25) is 17.8 Å². The first-order chi connectivity index (χ1) is 17.9. The molecule has 0 saturated heterocycles. The van der Waals surface area contributed by atoms with Crippen molar-refractivity contribution in [1.29, 1.82) is 0 Å². The van der Waals surface area contributed by atoms with Crippen LogP contribution in [-0.2, 0) is 9.59 Å². The lowest BCUT2D eigenvalue weighted by Gasteiger charge is -2.36. The molecule has 0 spiro atoms. The third kappa shape index (κ3) is 4.96. The molecular formula is C25H27Cl2F2N5O4. The molecule has 2 aromatic rings. The number of benzene rings is 1. The van der Waals surface area contributed by atoms with Gasteiger partial charge in [0.25, 0.3) is 5.92 Å². The number of aromatic nitrogens is 2. The molecule has 0 radical (unpaired) electrons. The van der Waals surface area contributed by atoms with E-state index in [2.05, 4.69) is 27.2 Å². The molecule has 2 heterocycles. The molecule has 9 nitrogen and oxygen atoms in total. The molecule has 1 saturated carbocycles. The van der Waals surface area contributed by atoms with E-state index in [4.69, 9.17) is 32.7 Å². The lowest BCUT2D eigenvalue weighted by atomic mass is 9.79. The minimum atomic E-state index is -2.98. The van der Waals surface area contributed by atoms with Gasteiger partial charge in [-0.25, -0.2) is 13.8 Å². The van der Waals surface area contributed by atoms with E-state index in [0.717, 1.165) is 6.08 Å². The maximum absolute atomic E-state index is 14.2. The lowest BCUT2D eigenvalue weighted by molar-refractivity contribution is -0.120. The van der Waals surface area contributed by atoms with Crippen molar-refractivity contribution in [3.05, 3.63) is 46.1 Å². The van der Waals surface area contributed by atoms with Gasteiger partial charge in [0, 0.05) is 49.2 Å². The Bertz CT molecular complexity index is 1270. The molecule has 13 heteroatoms. The predicted octanol–water partition coefficient (Wildman–Crippen LogP) is 4.54. The minimum absolute atomic E-state index is 0.0497. The van der Waals surface area contributed by atoms with Gasteiger partial charge in [0.1, 0.15) is 17.3 Å².